The number of hydrogen-bond donors (Lipinski definition) is 0. The molecular weight excluding hydrogens is 368 g/mol. The Morgan fingerprint density at radius 3 is 3.00 bits per heavy atom. The van der Waals surface area contributed by atoms with Crippen LogP contribution in [0.15, 0.2) is 23.4 Å². The van der Waals surface area contributed by atoms with Crippen molar-refractivity contribution in [1.82, 2.24) is 19.7 Å². The summed E-state index contributed by atoms with van der Waals surface area (Å²) in [4.78, 5) is 4.70. The third-order valence-corrected chi connectivity index (χ3v) is 5.48. The van der Waals surface area contributed by atoms with Gasteiger partial charge >= 0.3 is 0 Å². The summed E-state index contributed by atoms with van der Waals surface area (Å²) >= 11 is 9.16. The first-order chi connectivity index (χ1) is 11.7. The lowest BCUT2D eigenvalue weighted by molar-refractivity contribution is 0.186. The number of rotatable bonds is 8. The minimum atomic E-state index is 0.593. The number of nitrogens with zero attached hydrogens (tertiary/aromatic N) is 4. The van der Waals surface area contributed by atoms with Gasteiger partial charge in [-0.1, -0.05) is 34.7 Å². The summed E-state index contributed by atoms with van der Waals surface area (Å²) in [6.07, 6.45) is 0. The van der Waals surface area contributed by atoms with Crippen molar-refractivity contribution in [3.8, 4) is 5.19 Å². The Hall–Kier alpha value is -1.35. The Kier molecular flexibility index (Phi) is 5.94. The molecule has 2 heterocycles. The van der Waals surface area contributed by atoms with E-state index in [4.69, 9.17) is 26.1 Å². The zero-order valence-electron chi connectivity index (χ0n) is 13.4. The Balaban J connectivity index is 1.81. The number of ether oxygens (including phenoxy) is 2. The molecule has 6 nitrogen and oxygen atoms in total. The fourth-order valence-corrected chi connectivity index (χ4v) is 4.13. The van der Waals surface area contributed by atoms with Crippen molar-refractivity contribution in [3.05, 3.63) is 28.2 Å². The van der Waals surface area contributed by atoms with E-state index >= 15 is 0 Å². The number of imidazole rings is 1. The van der Waals surface area contributed by atoms with E-state index in [0.29, 0.717) is 29.2 Å². The molecule has 0 saturated heterocycles. The first-order valence-electron chi connectivity index (χ1n) is 7.44. The van der Waals surface area contributed by atoms with Gasteiger partial charge in [-0.25, -0.2) is 4.98 Å². The van der Waals surface area contributed by atoms with E-state index in [-0.39, 0.29) is 0 Å². The third-order valence-electron chi connectivity index (χ3n) is 3.24. The van der Waals surface area contributed by atoms with E-state index in [1.165, 1.54) is 11.3 Å². The van der Waals surface area contributed by atoms with Crippen LogP contribution >= 0.6 is 34.7 Å². The van der Waals surface area contributed by atoms with Crippen LogP contribution in [0.3, 0.4) is 0 Å². The number of halogens is 1. The van der Waals surface area contributed by atoms with E-state index in [1.54, 1.807) is 18.9 Å². The lowest BCUT2D eigenvalue weighted by Crippen LogP contribution is -2.05. The molecule has 0 saturated carbocycles. The van der Waals surface area contributed by atoms with Crippen LogP contribution in [0.5, 0.6) is 5.19 Å². The largest absolute Gasteiger partial charge is 0.469 e. The van der Waals surface area contributed by atoms with E-state index < -0.39 is 0 Å². The van der Waals surface area contributed by atoms with Crippen LogP contribution in [0.25, 0.3) is 11.0 Å². The smallest absolute Gasteiger partial charge is 0.294 e. The van der Waals surface area contributed by atoms with Crippen molar-refractivity contribution in [2.45, 2.75) is 24.4 Å². The van der Waals surface area contributed by atoms with Gasteiger partial charge in [0.15, 0.2) is 5.16 Å². The maximum atomic E-state index is 6.08. The van der Waals surface area contributed by atoms with Gasteiger partial charge in [0.2, 0.25) is 0 Å². The van der Waals surface area contributed by atoms with Gasteiger partial charge in [-0.3, -0.25) is 0 Å². The molecule has 0 radical (unpaired) electrons. The SMILES string of the molecule is CCOc1nnc(CSc2nc3cc(Cl)ccc3n2CCOC)s1. The highest BCUT2D eigenvalue weighted by Crippen LogP contribution is 2.30. The average molecular weight is 385 g/mol. The molecule has 24 heavy (non-hydrogen) atoms. The van der Waals surface area contributed by atoms with Gasteiger partial charge in [-0.2, -0.15) is 0 Å². The normalized spacial score (nSPS) is 11.3. The summed E-state index contributed by atoms with van der Waals surface area (Å²) in [7, 11) is 1.69. The lowest BCUT2D eigenvalue weighted by Gasteiger charge is -2.07. The molecule has 0 amide bonds. The molecule has 128 valence electrons. The Bertz CT molecular complexity index is 821. The zero-order valence-corrected chi connectivity index (χ0v) is 15.7. The Morgan fingerprint density at radius 1 is 1.33 bits per heavy atom. The highest BCUT2D eigenvalue weighted by atomic mass is 35.5. The summed E-state index contributed by atoms with van der Waals surface area (Å²) in [5.74, 6) is 0.689. The van der Waals surface area contributed by atoms with Gasteiger partial charge in [0, 0.05) is 18.7 Å². The number of methoxy groups -OCH3 is 1. The topological polar surface area (TPSA) is 62.1 Å². The number of aromatic nitrogens is 4. The second-order valence-corrected chi connectivity index (χ2v) is 7.26. The molecule has 0 bridgehead atoms. The molecule has 0 aliphatic carbocycles. The van der Waals surface area contributed by atoms with Crippen LogP contribution in [-0.2, 0) is 17.0 Å². The zero-order chi connectivity index (χ0) is 16.9. The molecule has 0 aliphatic rings. The number of thioether (sulfide) groups is 1. The quantitative estimate of drug-likeness (QED) is 0.549. The minimum absolute atomic E-state index is 0.593. The van der Waals surface area contributed by atoms with Gasteiger partial charge in [0.25, 0.3) is 5.19 Å². The molecule has 3 rings (SSSR count). The average Bonchev–Trinajstić information content (AvgIpc) is 3.15. The fraction of sp³-hybridized carbons (Fsp3) is 0.400. The minimum Gasteiger partial charge on any atom is -0.469 e. The van der Waals surface area contributed by atoms with E-state index in [0.717, 1.165) is 27.7 Å². The molecule has 0 fully saturated rings. The van der Waals surface area contributed by atoms with Crippen LogP contribution in [0.1, 0.15) is 11.9 Å². The van der Waals surface area contributed by atoms with Gasteiger partial charge < -0.3 is 14.0 Å². The molecule has 0 atom stereocenters. The van der Waals surface area contributed by atoms with Gasteiger partial charge in [0.05, 0.1) is 30.0 Å². The lowest BCUT2D eigenvalue weighted by atomic mass is 10.3. The first kappa shape index (κ1) is 17.5. The van der Waals surface area contributed by atoms with Crippen molar-refractivity contribution >= 4 is 45.7 Å². The highest BCUT2D eigenvalue weighted by Gasteiger charge is 2.13. The molecule has 0 unspecified atom stereocenters. The molecular formula is C15H17ClN4O2S2. The van der Waals surface area contributed by atoms with Crippen molar-refractivity contribution in [1.29, 1.82) is 0 Å². The number of fused-ring (bicyclic) bond motifs is 1. The van der Waals surface area contributed by atoms with Gasteiger partial charge in [-0.05, 0) is 25.1 Å². The van der Waals surface area contributed by atoms with E-state index in [1.807, 2.05) is 25.1 Å². The monoisotopic (exact) mass is 384 g/mol. The van der Waals surface area contributed by atoms with Gasteiger partial charge in [0.1, 0.15) is 5.01 Å². The summed E-state index contributed by atoms with van der Waals surface area (Å²) in [5.41, 5.74) is 1.93. The number of hydrogen-bond acceptors (Lipinski definition) is 7. The fourth-order valence-electron chi connectivity index (χ4n) is 2.19. The van der Waals surface area contributed by atoms with Crippen molar-refractivity contribution in [2.75, 3.05) is 20.3 Å². The maximum absolute atomic E-state index is 6.08. The van der Waals surface area contributed by atoms with Crippen molar-refractivity contribution < 1.29 is 9.47 Å². The van der Waals surface area contributed by atoms with Crippen LogP contribution in [-0.4, -0.2) is 40.1 Å². The maximum Gasteiger partial charge on any atom is 0.294 e. The van der Waals surface area contributed by atoms with Crippen LogP contribution < -0.4 is 4.74 Å². The molecule has 0 N–H and O–H groups in total. The predicted octanol–water partition coefficient (Wildman–Crippen LogP) is 3.88. The van der Waals surface area contributed by atoms with Crippen LogP contribution in [0.2, 0.25) is 5.02 Å². The third kappa shape index (κ3) is 4.00. The first-order valence-corrected chi connectivity index (χ1v) is 9.62. The van der Waals surface area contributed by atoms with Crippen molar-refractivity contribution in [3.63, 3.8) is 0 Å². The van der Waals surface area contributed by atoms with Crippen molar-refractivity contribution in [2.24, 2.45) is 0 Å². The Morgan fingerprint density at radius 2 is 2.21 bits per heavy atom. The standard InChI is InChI=1S/C15H17ClN4O2S2/c1-3-22-15-19-18-13(24-15)9-23-14-17-11-8-10(16)4-5-12(11)20(14)6-7-21-2/h4-5,8H,3,6-7,9H2,1-2H3. The molecule has 3 aromatic rings. The number of benzene rings is 1. The molecule has 0 aliphatic heterocycles. The predicted molar refractivity (Wildman–Crippen MR) is 97.3 cm³/mol. The Labute approximate surface area is 153 Å². The van der Waals surface area contributed by atoms with E-state index in [9.17, 15) is 0 Å². The van der Waals surface area contributed by atoms with Crippen LogP contribution in [0.4, 0.5) is 0 Å². The molecule has 1 aromatic carbocycles. The van der Waals surface area contributed by atoms with Crippen LogP contribution in [0, 0.1) is 0 Å². The molecule has 9 heteroatoms. The van der Waals surface area contributed by atoms with Gasteiger partial charge in [-0.15, -0.1) is 10.2 Å². The summed E-state index contributed by atoms with van der Waals surface area (Å²) in [5, 5.41) is 11.3. The summed E-state index contributed by atoms with van der Waals surface area (Å²) in [6.45, 7) is 3.88. The molecule has 0 spiro atoms. The van der Waals surface area contributed by atoms with E-state index in [2.05, 4.69) is 14.8 Å². The summed E-state index contributed by atoms with van der Waals surface area (Å²) < 4.78 is 12.7. The summed E-state index contributed by atoms with van der Waals surface area (Å²) in [6, 6.07) is 5.74. The second-order valence-electron chi connectivity index (χ2n) is 4.86. The highest BCUT2D eigenvalue weighted by molar-refractivity contribution is 7.98. The molecule has 2 aromatic heterocycles. The second kappa shape index (κ2) is 8.15.